The summed E-state index contributed by atoms with van der Waals surface area (Å²) in [6.07, 6.45) is 4.69. The Morgan fingerprint density at radius 3 is 2.55 bits per heavy atom. The van der Waals surface area contributed by atoms with E-state index < -0.39 is 0 Å². The number of carbonyl (C=O) groups excluding carboxylic acids is 1. The SMILES string of the molecule is CN=C(NCC1(SC)CCOCC1)N1CCN(C(=O)Cc2cccc(Cl)c2)CC1. The molecule has 29 heavy (non-hydrogen) atoms. The Hall–Kier alpha value is -1.44. The van der Waals surface area contributed by atoms with Gasteiger partial charge in [0.1, 0.15) is 0 Å². The molecule has 1 aromatic rings. The van der Waals surface area contributed by atoms with Gasteiger partial charge in [0, 0.05) is 62.8 Å². The Labute approximate surface area is 183 Å². The molecule has 1 amide bonds. The maximum absolute atomic E-state index is 12.6. The molecule has 2 heterocycles. The number of ether oxygens (including phenoxy) is 1. The van der Waals surface area contributed by atoms with Gasteiger partial charge in [-0.25, -0.2) is 0 Å². The van der Waals surface area contributed by atoms with Crippen molar-refractivity contribution >= 4 is 35.2 Å². The number of amides is 1. The number of carbonyl (C=O) groups is 1. The molecule has 0 bridgehead atoms. The van der Waals surface area contributed by atoms with Crippen LogP contribution in [0.3, 0.4) is 0 Å². The van der Waals surface area contributed by atoms with Gasteiger partial charge in [-0.05, 0) is 36.8 Å². The van der Waals surface area contributed by atoms with Gasteiger partial charge in [0.15, 0.2) is 5.96 Å². The molecule has 3 rings (SSSR count). The summed E-state index contributed by atoms with van der Waals surface area (Å²) < 4.78 is 5.74. The van der Waals surface area contributed by atoms with Crippen molar-refractivity contribution in [2.24, 2.45) is 4.99 Å². The van der Waals surface area contributed by atoms with Gasteiger partial charge in [-0.3, -0.25) is 9.79 Å². The van der Waals surface area contributed by atoms with Crippen LogP contribution in [0.4, 0.5) is 0 Å². The number of benzene rings is 1. The van der Waals surface area contributed by atoms with Crippen LogP contribution in [0.1, 0.15) is 18.4 Å². The summed E-state index contributed by atoms with van der Waals surface area (Å²) in [5, 5.41) is 4.24. The zero-order valence-corrected chi connectivity index (χ0v) is 18.9. The number of aliphatic imine (C=N–C) groups is 1. The second-order valence-corrected chi connectivity index (χ2v) is 9.29. The van der Waals surface area contributed by atoms with Gasteiger partial charge in [-0.15, -0.1) is 0 Å². The van der Waals surface area contributed by atoms with Crippen LogP contribution in [-0.2, 0) is 16.0 Å². The minimum Gasteiger partial charge on any atom is -0.381 e. The molecule has 2 fully saturated rings. The van der Waals surface area contributed by atoms with E-state index in [4.69, 9.17) is 16.3 Å². The normalized spacial score (nSPS) is 19.9. The number of thioether (sulfide) groups is 1. The predicted octanol–water partition coefficient (Wildman–Crippen LogP) is 2.51. The van der Waals surface area contributed by atoms with E-state index in [1.807, 2.05) is 48.0 Å². The molecule has 0 atom stereocenters. The van der Waals surface area contributed by atoms with Crippen molar-refractivity contribution in [3.05, 3.63) is 34.9 Å². The van der Waals surface area contributed by atoms with Gasteiger partial charge in [-0.1, -0.05) is 23.7 Å². The first-order valence-electron chi connectivity index (χ1n) is 10.2. The van der Waals surface area contributed by atoms with E-state index in [-0.39, 0.29) is 10.7 Å². The Morgan fingerprint density at radius 1 is 1.24 bits per heavy atom. The summed E-state index contributed by atoms with van der Waals surface area (Å²) in [6, 6.07) is 7.52. The standard InChI is InChI=1S/C21H31ClN4O2S/c1-23-20(24-16-21(29-2)6-12-28-13-7-21)26-10-8-25(9-11-26)19(27)15-17-4-3-5-18(22)14-17/h3-5,14H,6-13,15-16H2,1-2H3,(H,23,24). The molecular formula is C21H31ClN4O2S. The van der Waals surface area contributed by atoms with Crippen LogP contribution in [0.2, 0.25) is 5.02 Å². The number of nitrogens with zero attached hydrogens (tertiary/aromatic N) is 3. The van der Waals surface area contributed by atoms with E-state index in [0.717, 1.165) is 57.2 Å². The molecule has 2 aliphatic heterocycles. The lowest BCUT2D eigenvalue weighted by Gasteiger charge is -2.39. The van der Waals surface area contributed by atoms with E-state index in [1.54, 1.807) is 0 Å². The van der Waals surface area contributed by atoms with Crippen molar-refractivity contribution in [3.63, 3.8) is 0 Å². The first-order chi connectivity index (χ1) is 14.0. The highest BCUT2D eigenvalue weighted by molar-refractivity contribution is 8.00. The third-order valence-corrected chi connectivity index (χ3v) is 7.45. The van der Waals surface area contributed by atoms with Crippen molar-refractivity contribution < 1.29 is 9.53 Å². The molecular weight excluding hydrogens is 408 g/mol. The molecule has 2 saturated heterocycles. The van der Waals surface area contributed by atoms with Crippen molar-refractivity contribution in [1.82, 2.24) is 15.1 Å². The molecule has 0 unspecified atom stereocenters. The summed E-state index contributed by atoms with van der Waals surface area (Å²) in [5.41, 5.74) is 0.959. The number of rotatable bonds is 5. The quantitative estimate of drug-likeness (QED) is 0.565. The highest BCUT2D eigenvalue weighted by Gasteiger charge is 2.32. The van der Waals surface area contributed by atoms with Crippen LogP contribution >= 0.6 is 23.4 Å². The van der Waals surface area contributed by atoms with Crippen LogP contribution in [0, 0.1) is 0 Å². The number of piperazine rings is 1. The van der Waals surface area contributed by atoms with Gasteiger partial charge < -0.3 is 19.9 Å². The maximum atomic E-state index is 12.6. The largest absolute Gasteiger partial charge is 0.381 e. The molecule has 0 saturated carbocycles. The minimum absolute atomic E-state index is 0.151. The van der Waals surface area contributed by atoms with Crippen LogP contribution in [-0.4, -0.2) is 85.7 Å². The fourth-order valence-electron chi connectivity index (χ4n) is 3.87. The third-order valence-electron chi connectivity index (χ3n) is 5.79. The van der Waals surface area contributed by atoms with E-state index in [1.165, 1.54) is 0 Å². The van der Waals surface area contributed by atoms with Gasteiger partial charge in [0.25, 0.3) is 0 Å². The topological polar surface area (TPSA) is 57.2 Å². The number of hydrogen-bond acceptors (Lipinski definition) is 4. The van der Waals surface area contributed by atoms with Gasteiger partial charge in [-0.2, -0.15) is 11.8 Å². The molecule has 6 nitrogen and oxygen atoms in total. The van der Waals surface area contributed by atoms with Crippen molar-refractivity contribution in [3.8, 4) is 0 Å². The number of hydrogen-bond donors (Lipinski definition) is 1. The van der Waals surface area contributed by atoms with Gasteiger partial charge in [0.05, 0.1) is 6.42 Å². The van der Waals surface area contributed by atoms with Crippen LogP contribution < -0.4 is 5.32 Å². The number of guanidine groups is 1. The fourth-order valence-corrected chi connectivity index (χ4v) is 4.87. The van der Waals surface area contributed by atoms with Crippen LogP contribution in [0.25, 0.3) is 0 Å². The Kier molecular flexibility index (Phi) is 8.09. The average molecular weight is 439 g/mol. The molecule has 2 aliphatic rings. The van der Waals surface area contributed by atoms with E-state index in [0.29, 0.717) is 24.5 Å². The lowest BCUT2D eigenvalue weighted by Crippen LogP contribution is -2.55. The Balaban J connectivity index is 1.48. The molecule has 0 aliphatic carbocycles. The second kappa shape index (κ2) is 10.5. The summed E-state index contributed by atoms with van der Waals surface area (Å²) >= 11 is 7.95. The average Bonchev–Trinajstić information content (AvgIpc) is 2.75. The number of nitrogens with one attached hydrogen (secondary N) is 1. The first kappa shape index (κ1) is 22.2. The van der Waals surface area contributed by atoms with Gasteiger partial charge >= 0.3 is 0 Å². The minimum atomic E-state index is 0.151. The van der Waals surface area contributed by atoms with Gasteiger partial charge in [0.2, 0.25) is 5.91 Å². The first-order valence-corrected chi connectivity index (χ1v) is 11.8. The molecule has 0 aromatic heterocycles. The lowest BCUT2D eigenvalue weighted by atomic mass is 9.99. The highest BCUT2D eigenvalue weighted by atomic mass is 35.5. The smallest absolute Gasteiger partial charge is 0.227 e. The summed E-state index contributed by atoms with van der Waals surface area (Å²) in [6.45, 7) is 5.54. The third kappa shape index (κ3) is 6.03. The van der Waals surface area contributed by atoms with E-state index in [9.17, 15) is 4.79 Å². The van der Waals surface area contributed by atoms with E-state index >= 15 is 0 Å². The van der Waals surface area contributed by atoms with Crippen molar-refractivity contribution in [2.45, 2.75) is 24.0 Å². The maximum Gasteiger partial charge on any atom is 0.227 e. The summed E-state index contributed by atoms with van der Waals surface area (Å²) in [7, 11) is 1.83. The Bertz CT molecular complexity index is 716. The summed E-state index contributed by atoms with van der Waals surface area (Å²) in [4.78, 5) is 21.3. The second-order valence-electron chi connectivity index (χ2n) is 7.57. The monoisotopic (exact) mass is 438 g/mol. The Morgan fingerprint density at radius 2 is 1.93 bits per heavy atom. The zero-order valence-electron chi connectivity index (χ0n) is 17.3. The number of halogens is 1. The predicted molar refractivity (Wildman–Crippen MR) is 121 cm³/mol. The molecule has 8 heteroatoms. The highest BCUT2D eigenvalue weighted by Crippen LogP contribution is 2.33. The zero-order chi connectivity index (χ0) is 20.7. The molecule has 0 spiro atoms. The van der Waals surface area contributed by atoms with Crippen molar-refractivity contribution in [2.75, 3.05) is 59.2 Å². The van der Waals surface area contributed by atoms with E-state index in [2.05, 4.69) is 21.5 Å². The van der Waals surface area contributed by atoms with Crippen LogP contribution in [0.15, 0.2) is 29.3 Å². The lowest BCUT2D eigenvalue weighted by molar-refractivity contribution is -0.131. The molecule has 1 aromatic carbocycles. The summed E-state index contributed by atoms with van der Waals surface area (Å²) in [5.74, 6) is 1.07. The molecule has 1 N–H and O–H groups in total. The molecule has 0 radical (unpaired) electrons. The van der Waals surface area contributed by atoms with Crippen molar-refractivity contribution in [1.29, 1.82) is 0 Å². The molecule has 160 valence electrons. The fraction of sp³-hybridized carbons (Fsp3) is 0.619. The van der Waals surface area contributed by atoms with Crippen LogP contribution in [0.5, 0.6) is 0 Å².